The van der Waals surface area contributed by atoms with Crippen LogP contribution < -0.4 is 11.1 Å². The molecule has 1 heterocycles. The number of halogens is 1. The number of rotatable bonds is 4. The van der Waals surface area contributed by atoms with Crippen LogP contribution in [0.2, 0.25) is 0 Å². The predicted octanol–water partition coefficient (Wildman–Crippen LogP) is 1.56. The van der Waals surface area contributed by atoms with Crippen LogP contribution in [0.15, 0.2) is 29.1 Å². The number of hydrogen-bond donors (Lipinski definition) is 2. The van der Waals surface area contributed by atoms with E-state index >= 15 is 0 Å². The predicted molar refractivity (Wildman–Crippen MR) is 80.5 cm³/mol. The molecule has 0 unspecified atom stereocenters. The molecule has 0 atom stereocenters. The largest absolute Gasteiger partial charge is 0.352 e. The van der Waals surface area contributed by atoms with Crippen molar-refractivity contribution in [2.75, 3.05) is 13.1 Å². The molecule has 1 aromatic carbocycles. The first-order valence-electron chi connectivity index (χ1n) is 6.34. The highest BCUT2D eigenvalue weighted by Crippen LogP contribution is 2.10. The molecule has 0 aliphatic heterocycles. The molecular weight excluding hydrogens is 289 g/mol. The number of aromatic nitrogens is 1. The number of nitrogens with two attached hydrogens (primary N) is 1. The Kier molecular flexibility index (Phi) is 5.43. The van der Waals surface area contributed by atoms with Gasteiger partial charge in [-0.3, -0.25) is 4.79 Å². The number of thiazole rings is 1. The maximum Gasteiger partial charge on any atom is 0.252 e. The molecule has 1 aromatic heterocycles. The van der Waals surface area contributed by atoms with E-state index in [0.29, 0.717) is 24.1 Å². The van der Waals surface area contributed by atoms with E-state index in [0.717, 1.165) is 5.69 Å². The maximum atomic E-state index is 13.2. The van der Waals surface area contributed by atoms with Crippen molar-refractivity contribution in [1.29, 1.82) is 0 Å². The van der Waals surface area contributed by atoms with Crippen LogP contribution in [-0.4, -0.2) is 24.0 Å². The molecule has 0 aliphatic rings. The molecule has 21 heavy (non-hydrogen) atoms. The number of hydrogen-bond acceptors (Lipinski definition) is 4. The second-order valence-electron chi connectivity index (χ2n) is 4.18. The summed E-state index contributed by atoms with van der Waals surface area (Å²) in [6.07, 6.45) is 0.653. The van der Waals surface area contributed by atoms with Crippen molar-refractivity contribution in [2.24, 2.45) is 5.73 Å². The molecule has 0 aliphatic carbocycles. The number of amides is 1. The minimum atomic E-state index is -0.435. The molecule has 108 valence electrons. The van der Waals surface area contributed by atoms with E-state index in [2.05, 4.69) is 22.1 Å². The van der Waals surface area contributed by atoms with Crippen molar-refractivity contribution in [3.63, 3.8) is 0 Å². The Morgan fingerprint density at radius 3 is 3.05 bits per heavy atom. The third-order valence-corrected chi connectivity index (χ3v) is 3.34. The molecule has 0 spiro atoms. The van der Waals surface area contributed by atoms with E-state index in [4.69, 9.17) is 5.73 Å². The Morgan fingerprint density at radius 2 is 2.33 bits per heavy atom. The van der Waals surface area contributed by atoms with Gasteiger partial charge in [0.25, 0.3) is 5.91 Å². The molecule has 0 radical (unpaired) electrons. The van der Waals surface area contributed by atoms with Gasteiger partial charge in [0.05, 0.1) is 23.3 Å². The number of nitrogens with one attached hydrogen (secondary N) is 1. The average molecular weight is 303 g/mol. The lowest BCUT2D eigenvalue weighted by atomic mass is 10.1. The summed E-state index contributed by atoms with van der Waals surface area (Å²) < 4.78 is 13.2. The molecule has 0 saturated carbocycles. The fraction of sp³-hybridized carbons (Fsp3) is 0.200. The van der Waals surface area contributed by atoms with Gasteiger partial charge in [-0.15, -0.1) is 11.3 Å². The summed E-state index contributed by atoms with van der Waals surface area (Å²) in [6, 6.07) is 3.90. The Morgan fingerprint density at radius 1 is 1.48 bits per heavy atom. The second-order valence-corrected chi connectivity index (χ2v) is 4.90. The summed E-state index contributed by atoms with van der Waals surface area (Å²) in [5.41, 5.74) is 8.66. The van der Waals surface area contributed by atoms with Gasteiger partial charge in [0.1, 0.15) is 5.82 Å². The van der Waals surface area contributed by atoms with Crippen LogP contribution >= 0.6 is 11.3 Å². The van der Waals surface area contributed by atoms with Gasteiger partial charge < -0.3 is 11.1 Å². The number of carbonyl (C=O) groups excluding carboxylic acids is 1. The van der Waals surface area contributed by atoms with Gasteiger partial charge in [0, 0.05) is 23.9 Å². The second kappa shape index (κ2) is 7.53. The Hall–Kier alpha value is -2.23. The molecule has 0 bridgehead atoms. The highest BCUT2D eigenvalue weighted by atomic mass is 32.1. The van der Waals surface area contributed by atoms with Gasteiger partial charge in [-0.2, -0.15) is 0 Å². The SMILES string of the molecule is NCC#Cc1cc(F)ccc1C(=O)NCCc1cscn1. The van der Waals surface area contributed by atoms with Gasteiger partial charge in [-0.25, -0.2) is 9.37 Å². The summed E-state index contributed by atoms with van der Waals surface area (Å²) in [6.45, 7) is 0.616. The zero-order chi connectivity index (χ0) is 15.1. The van der Waals surface area contributed by atoms with E-state index in [-0.39, 0.29) is 12.5 Å². The summed E-state index contributed by atoms with van der Waals surface area (Å²) in [7, 11) is 0. The lowest BCUT2D eigenvalue weighted by Gasteiger charge is -2.06. The number of nitrogens with zero attached hydrogens (tertiary/aromatic N) is 1. The smallest absolute Gasteiger partial charge is 0.252 e. The Bertz CT molecular complexity index is 674. The normalized spacial score (nSPS) is 9.81. The fourth-order valence-corrected chi connectivity index (χ4v) is 2.32. The first-order valence-corrected chi connectivity index (χ1v) is 7.28. The Labute approximate surface area is 126 Å². The molecule has 1 amide bonds. The molecule has 3 N–H and O–H groups in total. The molecular formula is C15H14FN3OS. The van der Waals surface area contributed by atoms with Gasteiger partial charge >= 0.3 is 0 Å². The zero-order valence-electron chi connectivity index (χ0n) is 11.2. The van der Waals surface area contributed by atoms with Crippen LogP contribution in [0.4, 0.5) is 4.39 Å². The lowest BCUT2D eigenvalue weighted by Crippen LogP contribution is -2.26. The van der Waals surface area contributed by atoms with Crippen molar-refractivity contribution in [3.05, 3.63) is 51.7 Å². The van der Waals surface area contributed by atoms with Gasteiger partial charge in [-0.05, 0) is 18.2 Å². The Balaban J connectivity index is 2.04. The van der Waals surface area contributed by atoms with Crippen molar-refractivity contribution in [3.8, 4) is 11.8 Å². The minimum absolute atomic E-state index is 0.154. The first-order chi connectivity index (χ1) is 10.2. The highest BCUT2D eigenvalue weighted by molar-refractivity contribution is 7.07. The number of carbonyl (C=O) groups is 1. The average Bonchev–Trinajstić information content (AvgIpc) is 2.98. The molecule has 4 nitrogen and oxygen atoms in total. The first kappa shape index (κ1) is 15.2. The van der Waals surface area contributed by atoms with Crippen molar-refractivity contribution in [1.82, 2.24) is 10.3 Å². The van der Waals surface area contributed by atoms with Gasteiger partial charge in [-0.1, -0.05) is 11.8 Å². The van der Waals surface area contributed by atoms with Crippen molar-refractivity contribution < 1.29 is 9.18 Å². The number of benzene rings is 1. The minimum Gasteiger partial charge on any atom is -0.352 e. The molecule has 2 rings (SSSR count). The molecule has 2 aromatic rings. The lowest BCUT2D eigenvalue weighted by molar-refractivity contribution is 0.0954. The van der Waals surface area contributed by atoms with Crippen LogP contribution in [0.25, 0.3) is 0 Å². The monoisotopic (exact) mass is 303 g/mol. The van der Waals surface area contributed by atoms with Crippen LogP contribution in [0, 0.1) is 17.7 Å². The fourth-order valence-electron chi connectivity index (χ4n) is 1.72. The quantitative estimate of drug-likeness (QED) is 0.842. The molecule has 6 heteroatoms. The summed E-state index contributed by atoms with van der Waals surface area (Å²) >= 11 is 1.51. The van der Waals surface area contributed by atoms with E-state index in [1.54, 1.807) is 5.51 Å². The van der Waals surface area contributed by atoms with E-state index in [1.807, 2.05) is 5.38 Å². The zero-order valence-corrected chi connectivity index (χ0v) is 12.0. The van der Waals surface area contributed by atoms with Crippen molar-refractivity contribution in [2.45, 2.75) is 6.42 Å². The van der Waals surface area contributed by atoms with Crippen LogP contribution in [0.3, 0.4) is 0 Å². The van der Waals surface area contributed by atoms with E-state index in [9.17, 15) is 9.18 Å². The van der Waals surface area contributed by atoms with Gasteiger partial charge in [0.2, 0.25) is 0 Å². The van der Waals surface area contributed by atoms with Crippen LogP contribution in [-0.2, 0) is 6.42 Å². The topological polar surface area (TPSA) is 68.0 Å². The summed E-state index contributed by atoms with van der Waals surface area (Å²) in [4.78, 5) is 16.3. The molecule has 0 fully saturated rings. The van der Waals surface area contributed by atoms with E-state index < -0.39 is 5.82 Å². The standard InChI is InChI=1S/C15H14FN3OS/c16-12-3-4-14(11(8-12)2-1-6-17)15(20)18-7-5-13-9-21-10-19-13/h3-4,8-10H,5-7,17H2,(H,18,20). The third kappa shape index (κ3) is 4.38. The third-order valence-electron chi connectivity index (χ3n) is 2.70. The van der Waals surface area contributed by atoms with Gasteiger partial charge in [0.15, 0.2) is 0 Å². The summed E-state index contributed by atoms with van der Waals surface area (Å²) in [5, 5.41) is 4.71. The maximum absolute atomic E-state index is 13.2. The van der Waals surface area contributed by atoms with Crippen LogP contribution in [0.1, 0.15) is 21.6 Å². The molecule has 0 saturated heterocycles. The summed E-state index contributed by atoms with van der Waals surface area (Å²) in [5.74, 6) is 4.62. The van der Waals surface area contributed by atoms with Crippen LogP contribution in [0.5, 0.6) is 0 Å². The van der Waals surface area contributed by atoms with Crippen molar-refractivity contribution >= 4 is 17.2 Å². The van der Waals surface area contributed by atoms with E-state index in [1.165, 1.54) is 29.5 Å². The highest BCUT2D eigenvalue weighted by Gasteiger charge is 2.10.